The Hall–Kier alpha value is 0.110. The van der Waals surface area contributed by atoms with Gasteiger partial charge in [-0.25, -0.2) is 4.39 Å². The van der Waals surface area contributed by atoms with E-state index in [1.165, 1.54) is 50.2 Å². The maximum atomic E-state index is 13.2. The standard InChI is InChI=1S/C15H19Br2F/c16-13(8-6-11-4-2-1-3-5-11)12-7-9-15(18)14(17)10-12/h7,9-11,13H,1-6,8H2. The second kappa shape index (κ2) is 7.04. The summed E-state index contributed by atoms with van der Waals surface area (Å²) >= 11 is 6.97. The average Bonchev–Trinajstić information content (AvgIpc) is 2.40. The van der Waals surface area contributed by atoms with Crippen molar-refractivity contribution in [3.8, 4) is 0 Å². The first-order valence-corrected chi connectivity index (χ1v) is 8.46. The van der Waals surface area contributed by atoms with E-state index in [-0.39, 0.29) is 5.82 Å². The topological polar surface area (TPSA) is 0 Å². The molecule has 0 radical (unpaired) electrons. The van der Waals surface area contributed by atoms with Crippen LogP contribution in [0.25, 0.3) is 0 Å². The fourth-order valence-corrected chi connectivity index (χ4v) is 3.68. The highest BCUT2D eigenvalue weighted by Crippen LogP contribution is 2.35. The molecule has 0 heterocycles. The third kappa shape index (κ3) is 4.06. The number of hydrogen-bond donors (Lipinski definition) is 0. The highest BCUT2D eigenvalue weighted by molar-refractivity contribution is 9.10. The fraction of sp³-hybridized carbons (Fsp3) is 0.600. The van der Waals surface area contributed by atoms with Crippen LogP contribution in [0.15, 0.2) is 22.7 Å². The Labute approximate surface area is 126 Å². The van der Waals surface area contributed by atoms with Gasteiger partial charge in [0, 0.05) is 4.83 Å². The van der Waals surface area contributed by atoms with E-state index in [0.717, 1.165) is 12.3 Å². The molecule has 100 valence electrons. The van der Waals surface area contributed by atoms with Gasteiger partial charge < -0.3 is 0 Å². The molecule has 1 atom stereocenters. The molecule has 0 aromatic heterocycles. The van der Waals surface area contributed by atoms with Crippen molar-refractivity contribution in [2.24, 2.45) is 5.92 Å². The van der Waals surface area contributed by atoms with Crippen LogP contribution in [0.1, 0.15) is 55.3 Å². The Kier molecular flexibility index (Phi) is 5.68. The van der Waals surface area contributed by atoms with Crippen LogP contribution in [0, 0.1) is 11.7 Å². The smallest absolute Gasteiger partial charge is 0.137 e. The van der Waals surface area contributed by atoms with E-state index in [4.69, 9.17) is 0 Å². The molecule has 18 heavy (non-hydrogen) atoms. The first-order valence-electron chi connectivity index (χ1n) is 6.76. The fourth-order valence-electron chi connectivity index (χ4n) is 2.73. The third-order valence-electron chi connectivity index (χ3n) is 3.86. The Morgan fingerprint density at radius 2 is 1.94 bits per heavy atom. The zero-order valence-corrected chi connectivity index (χ0v) is 13.6. The first kappa shape index (κ1) is 14.5. The van der Waals surface area contributed by atoms with Crippen molar-refractivity contribution in [3.63, 3.8) is 0 Å². The molecular weight excluding hydrogens is 359 g/mol. The van der Waals surface area contributed by atoms with Crippen LogP contribution in [0.3, 0.4) is 0 Å². The lowest BCUT2D eigenvalue weighted by atomic mass is 9.85. The lowest BCUT2D eigenvalue weighted by molar-refractivity contribution is 0.332. The first-order chi connectivity index (χ1) is 8.66. The van der Waals surface area contributed by atoms with Gasteiger partial charge in [0.05, 0.1) is 4.47 Å². The van der Waals surface area contributed by atoms with Crippen LogP contribution < -0.4 is 0 Å². The van der Waals surface area contributed by atoms with E-state index in [0.29, 0.717) is 9.30 Å². The molecule has 0 bridgehead atoms. The number of hydrogen-bond acceptors (Lipinski definition) is 0. The molecular formula is C15H19Br2F. The molecule has 1 fully saturated rings. The van der Waals surface area contributed by atoms with Crippen molar-refractivity contribution in [1.29, 1.82) is 0 Å². The summed E-state index contributed by atoms with van der Waals surface area (Å²) < 4.78 is 13.7. The molecule has 2 rings (SSSR count). The van der Waals surface area contributed by atoms with Crippen molar-refractivity contribution >= 4 is 31.9 Å². The molecule has 0 amide bonds. The van der Waals surface area contributed by atoms with Gasteiger partial charge >= 0.3 is 0 Å². The minimum Gasteiger partial charge on any atom is -0.206 e. The van der Waals surface area contributed by atoms with Crippen LogP contribution >= 0.6 is 31.9 Å². The predicted molar refractivity (Wildman–Crippen MR) is 81.6 cm³/mol. The van der Waals surface area contributed by atoms with E-state index < -0.39 is 0 Å². The van der Waals surface area contributed by atoms with Crippen molar-refractivity contribution in [1.82, 2.24) is 0 Å². The van der Waals surface area contributed by atoms with Crippen LogP contribution in [-0.4, -0.2) is 0 Å². The van der Waals surface area contributed by atoms with Gasteiger partial charge in [-0.1, -0.05) is 54.1 Å². The van der Waals surface area contributed by atoms with Gasteiger partial charge in [0.15, 0.2) is 0 Å². The Morgan fingerprint density at radius 3 is 2.61 bits per heavy atom. The number of halogens is 3. The summed E-state index contributed by atoms with van der Waals surface area (Å²) in [5.41, 5.74) is 1.17. The summed E-state index contributed by atoms with van der Waals surface area (Å²) in [7, 11) is 0. The molecule has 0 saturated heterocycles. The number of rotatable bonds is 4. The average molecular weight is 378 g/mol. The molecule has 3 heteroatoms. The largest absolute Gasteiger partial charge is 0.206 e. The number of alkyl halides is 1. The second-order valence-electron chi connectivity index (χ2n) is 5.22. The summed E-state index contributed by atoms with van der Waals surface area (Å²) in [5.74, 6) is 0.716. The maximum absolute atomic E-state index is 13.2. The zero-order chi connectivity index (χ0) is 13.0. The molecule has 0 nitrogen and oxygen atoms in total. The van der Waals surface area contributed by atoms with Gasteiger partial charge in [-0.2, -0.15) is 0 Å². The minimum atomic E-state index is -0.189. The Bertz CT molecular complexity index is 386. The lowest BCUT2D eigenvalue weighted by Gasteiger charge is -2.22. The van der Waals surface area contributed by atoms with Crippen LogP contribution in [-0.2, 0) is 0 Å². The van der Waals surface area contributed by atoms with Crippen molar-refractivity contribution in [2.75, 3.05) is 0 Å². The second-order valence-corrected chi connectivity index (χ2v) is 7.18. The molecule has 0 N–H and O–H groups in total. The van der Waals surface area contributed by atoms with Gasteiger partial charge in [0.25, 0.3) is 0 Å². The maximum Gasteiger partial charge on any atom is 0.137 e. The van der Waals surface area contributed by atoms with E-state index >= 15 is 0 Å². The normalized spacial score (nSPS) is 18.8. The Balaban J connectivity index is 1.86. The summed E-state index contributed by atoms with van der Waals surface area (Å²) in [6.07, 6.45) is 9.44. The van der Waals surface area contributed by atoms with Gasteiger partial charge in [0.2, 0.25) is 0 Å². The minimum absolute atomic E-state index is 0.189. The number of benzene rings is 1. The quantitative estimate of drug-likeness (QED) is 0.533. The van der Waals surface area contributed by atoms with Gasteiger partial charge in [0.1, 0.15) is 5.82 Å². The Morgan fingerprint density at radius 1 is 1.22 bits per heavy atom. The van der Waals surface area contributed by atoms with E-state index in [2.05, 4.69) is 31.9 Å². The molecule has 1 aromatic carbocycles. The van der Waals surface area contributed by atoms with Crippen molar-refractivity contribution < 1.29 is 4.39 Å². The molecule has 0 spiro atoms. The highest BCUT2D eigenvalue weighted by Gasteiger charge is 2.16. The van der Waals surface area contributed by atoms with Crippen molar-refractivity contribution in [3.05, 3.63) is 34.1 Å². The van der Waals surface area contributed by atoms with Gasteiger partial charge in [-0.15, -0.1) is 0 Å². The van der Waals surface area contributed by atoms with Gasteiger partial charge in [-0.05, 0) is 52.4 Å². The van der Waals surface area contributed by atoms with E-state index in [9.17, 15) is 4.39 Å². The molecule has 1 aliphatic rings. The molecule has 1 unspecified atom stereocenters. The summed E-state index contributed by atoms with van der Waals surface area (Å²) in [6.45, 7) is 0. The summed E-state index contributed by atoms with van der Waals surface area (Å²) in [6, 6.07) is 5.30. The van der Waals surface area contributed by atoms with E-state index in [1.807, 2.05) is 12.1 Å². The van der Waals surface area contributed by atoms with E-state index in [1.54, 1.807) is 0 Å². The lowest BCUT2D eigenvalue weighted by Crippen LogP contribution is -2.07. The monoisotopic (exact) mass is 376 g/mol. The molecule has 1 saturated carbocycles. The van der Waals surface area contributed by atoms with Crippen molar-refractivity contribution in [2.45, 2.75) is 49.8 Å². The molecule has 0 aliphatic heterocycles. The molecule has 1 aliphatic carbocycles. The predicted octanol–water partition coefficient (Wildman–Crippen LogP) is 6.38. The summed E-state index contributed by atoms with van der Waals surface area (Å²) in [5, 5.41) is 0. The van der Waals surface area contributed by atoms with Crippen LogP contribution in [0.5, 0.6) is 0 Å². The van der Waals surface area contributed by atoms with Crippen LogP contribution in [0.2, 0.25) is 0 Å². The highest BCUT2D eigenvalue weighted by atomic mass is 79.9. The third-order valence-corrected chi connectivity index (χ3v) is 5.45. The molecule has 1 aromatic rings. The SMILES string of the molecule is Fc1ccc(C(Br)CCC2CCCCC2)cc1Br. The van der Waals surface area contributed by atoms with Crippen LogP contribution in [0.4, 0.5) is 4.39 Å². The van der Waals surface area contributed by atoms with Gasteiger partial charge in [-0.3, -0.25) is 0 Å². The summed E-state index contributed by atoms with van der Waals surface area (Å²) in [4.78, 5) is 0.344. The zero-order valence-electron chi connectivity index (χ0n) is 10.5.